The molecule has 44 valence electrons. The lowest BCUT2D eigenvalue weighted by Gasteiger charge is -1.91. The van der Waals surface area contributed by atoms with Gasteiger partial charge in [0.15, 0.2) is 7.85 Å². The molecule has 0 aliphatic rings. The molecule has 0 aromatic carbocycles. The van der Waals surface area contributed by atoms with Crippen LogP contribution in [-0.4, -0.2) is 26.6 Å². The van der Waals surface area contributed by atoms with E-state index in [0.717, 1.165) is 0 Å². The minimum atomic E-state index is -0.475. The van der Waals surface area contributed by atoms with Crippen molar-refractivity contribution in [2.24, 2.45) is 0 Å². The number of esters is 1. The molecule has 0 heterocycles. The minimum Gasteiger partial charge on any atom is -0.469 e. The van der Waals surface area contributed by atoms with Crippen LogP contribution >= 0.6 is 0 Å². The topological polar surface area (TPSA) is 43.4 Å². The Morgan fingerprint density at radius 1 is 1.62 bits per heavy atom. The molecule has 0 bridgehead atoms. The average molecular weight is 114 g/mol. The normalized spacial score (nSPS) is 8.12. The second-order valence-corrected chi connectivity index (χ2v) is 1.45. The van der Waals surface area contributed by atoms with Crippen LogP contribution in [0.1, 0.15) is 6.42 Å². The van der Waals surface area contributed by atoms with Gasteiger partial charge in [-0.05, 0) is 0 Å². The fraction of sp³-hybridized carbons (Fsp3) is 0.500. The maximum atomic E-state index is 10.2. The summed E-state index contributed by atoms with van der Waals surface area (Å²) in [5.74, 6) is -0.475. The summed E-state index contributed by atoms with van der Waals surface area (Å²) < 4.78 is 4.20. The molecule has 0 fully saturated rings. The number of carbonyl (C=O) groups excluding carboxylic acids is 2. The zero-order valence-electron chi connectivity index (χ0n) is 4.93. The Hall–Kier alpha value is -0.795. The molecule has 0 atom stereocenters. The lowest BCUT2D eigenvalue weighted by molar-refractivity contribution is -0.142. The highest BCUT2D eigenvalue weighted by atomic mass is 16.5. The van der Waals surface area contributed by atoms with Crippen LogP contribution < -0.4 is 0 Å². The molecule has 0 aromatic heterocycles. The molecule has 0 unspecified atom stereocenters. The first-order valence-electron chi connectivity index (χ1n) is 2.23. The third kappa shape index (κ3) is 3.40. The third-order valence-corrected chi connectivity index (χ3v) is 0.621. The van der Waals surface area contributed by atoms with Crippen molar-refractivity contribution >= 4 is 19.5 Å². The molecule has 0 aliphatic heterocycles. The SMILES string of the molecule is BC(=O)CC(=O)OC. The molecule has 4 heteroatoms. The fourth-order valence-corrected chi connectivity index (χ4v) is 0.275. The zero-order chi connectivity index (χ0) is 6.57. The van der Waals surface area contributed by atoms with Gasteiger partial charge in [-0.1, -0.05) is 0 Å². The van der Waals surface area contributed by atoms with E-state index in [1.807, 2.05) is 0 Å². The van der Waals surface area contributed by atoms with Gasteiger partial charge in [0.25, 0.3) is 0 Å². The van der Waals surface area contributed by atoms with E-state index in [9.17, 15) is 9.59 Å². The minimum absolute atomic E-state index is 0.115. The lowest BCUT2D eigenvalue weighted by Crippen LogP contribution is -2.07. The molecule has 0 radical (unpaired) electrons. The Morgan fingerprint density at radius 2 is 2.12 bits per heavy atom. The second kappa shape index (κ2) is 3.24. The van der Waals surface area contributed by atoms with Gasteiger partial charge in [0.2, 0.25) is 0 Å². The first-order valence-corrected chi connectivity index (χ1v) is 2.23. The molecule has 0 N–H and O–H groups in total. The van der Waals surface area contributed by atoms with Gasteiger partial charge in [-0.15, -0.1) is 0 Å². The van der Waals surface area contributed by atoms with E-state index < -0.39 is 5.97 Å². The summed E-state index contributed by atoms with van der Waals surface area (Å²) >= 11 is 0. The van der Waals surface area contributed by atoms with Crippen molar-refractivity contribution in [3.63, 3.8) is 0 Å². The summed E-state index contributed by atoms with van der Waals surface area (Å²) in [6.07, 6.45) is -0.115. The highest BCUT2D eigenvalue weighted by Crippen LogP contribution is 1.80. The van der Waals surface area contributed by atoms with Gasteiger partial charge in [-0.25, -0.2) is 0 Å². The maximum Gasteiger partial charge on any atom is 0.312 e. The molecular formula is C4H7BO3. The van der Waals surface area contributed by atoms with Crippen molar-refractivity contribution in [1.82, 2.24) is 0 Å². The highest BCUT2D eigenvalue weighted by Gasteiger charge is 2.01. The van der Waals surface area contributed by atoms with E-state index in [2.05, 4.69) is 4.74 Å². The summed E-state index contributed by atoms with van der Waals surface area (Å²) in [6, 6.07) is 0. The lowest BCUT2D eigenvalue weighted by atomic mass is 10.0. The van der Waals surface area contributed by atoms with Crippen LogP contribution in [0, 0.1) is 0 Å². The molecular weight excluding hydrogens is 107 g/mol. The van der Waals surface area contributed by atoms with E-state index in [1.54, 1.807) is 0 Å². The highest BCUT2D eigenvalue weighted by molar-refractivity contribution is 6.59. The van der Waals surface area contributed by atoms with Gasteiger partial charge in [-0.2, -0.15) is 0 Å². The molecule has 0 aromatic rings. The molecule has 0 aliphatic carbocycles. The monoisotopic (exact) mass is 114 g/mol. The van der Waals surface area contributed by atoms with Crippen molar-refractivity contribution in [2.75, 3.05) is 7.11 Å². The van der Waals surface area contributed by atoms with Crippen LogP contribution in [0.15, 0.2) is 0 Å². The van der Waals surface area contributed by atoms with Crippen molar-refractivity contribution < 1.29 is 14.3 Å². The van der Waals surface area contributed by atoms with Gasteiger partial charge in [-0.3, -0.25) is 4.79 Å². The van der Waals surface area contributed by atoms with Crippen LogP contribution in [0.4, 0.5) is 0 Å². The molecule has 0 amide bonds. The maximum absolute atomic E-state index is 10.2. The number of hydrogen-bond acceptors (Lipinski definition) is 3. The first-order chi connectivity index (χ1) is 3.66. The number of hydrogen-bond donors (Lipinski definition) is 0. The van der Waals surface area contributed by atoms with Crippen LogP contribution in [0.3, 0.4) is 0 Å². The Labute approximate surface area is 48.4 Å². The van der Waals surface area contributed by atoms with Crippen molar-refractivity contribution in [3.8, 4) is 0 Å². The van der Waals surface area contributed by atoms with Crippen molar-refractivity contribution in [1.29, 1.82) is 0 Å². The quantitative estimate of drug-likeness (QED) is 0.255. The number of carbonyl (C=O) groups is 2. The standard InChI is InChI=1S/C4H7BO3/c1-8-4(7)2-3(5)6/h2,5H2,1H3. The van der Waals surface area contributed by atoms with Gasteiger partial charge < -0.3 is 9.53 Å². The Bertz CT molecular complexity index is 110. The number of rotatable bonds is 2. The fourth-order valence-electron chi connectivity index (χ4n) is 0.275. The first kappa shape index (κ1) is 7.20. The van der Waals surface area contributed by atoms with Crippen LogP contribution in [0.2, 0.25) is 0 Å². The van der Waals surface area contributed by atoms with Gasteiger partial charge in [0.05, 0.1) is 19.2 Å². The average Bonchev–Trinajstić information content (AvgIpc) is 1.65. The van der Waals surface area contributed by atoms with Crippen LogP contribution in [-0.2, 0) is 14.3 Å². The van der Waals surface area contributed by atoms with Crippen LogP contribution in [0.5, 0.6) is 0 Å². The number of methoxy groups -OCH3 is 1. The Morgan fingerprint density at radius 3 is 2.25 bits per heavy atom. The number of ether oxygens (including phenoxy) is 1. The molecule has 0 rings (SSSR count). The predicted molar refractivity (Wildman–Crippen MR) is 30.2 cm³/mol. The third-order valence-electron chi connectivity index (χ3n) is 0.621. The summed E-state index contributed by atoms with van der Waals surface area (Å²) in [5.41, 5.74) is -0.170. The van der Waals surface area contributed by atoms with E-state index in [0.29, 0.717) is 0 Å². The molecule has 0 spiro atoms. The largest absolute Gasteiger partial charge is 0.469 e. The second-order valence-electron chi connectivity index (χ2n) is 1.45. The van der Waals surface area contributed by atoms with Gasteiger partial charge >= 0.3 is 5.97 Å². The predicted octanol–water partition coefficient (Wildman–Crippen LogP) is -1.29. The summed E-state index contributed by atoms with van der Waals surface area (Å²) in [6.45, 7) is 0. The van der Waals surface area contributed by atoms with Crippen LogP contribution in [0.25, 0.3) is 0 Å². The zero-order valence-corrected chi connectivity index (χ0v) is 4.93. The van der Waals surface area contributed by atoms with E-state index in [-0.39, 0.29) is 12.1 Å². The van der Waals surface area contributed by atoms with E-state index in [1.165, 1.54) is 15.0 Å². The molecule has 8 heavy (non-hydrogen) atoms. The Balaban J connectivity index is 3.40. The molecule has 3 nitrogen and oxygen atoms in total. The smallest absolute Gasteiger partial charge is 0.312 e. The van der Waals surface area contributed by atoms with E-state index in [4.69, 9.17) is 0 Å². The Kier molecular flexibility index (Phi) is 2.92. The van der Waals surface area contributed by atoms with Crippen molar-refractivity contribution in [2.45, 2.75) is 6.42 Å². The molecule has 0 saturated carbocycles. The molecule has 0 saturated heterocycles. The summed E-state index contributed by atoms with van der Waals surface area (Å²) in [5, 5.41) is 0. The van der Waals surface area contributed by atoms with Crippen molar-refractivity contribution in [3.05, 3.63) is 0 Å². The van der Waals surface area contributed by atoms with Gasteiger partial charge in [0, 0.05) is 0 Å². The summed E-state index contributed by atoms with van der Waals surface area (Å²) in [7, 11) is 2.60. The summed E-state index contributed by atoms with van der Waals surface area (Å²) in [4.78, 5) is 20.3. The van der Waals surface area contributed by atoms with E-state index >= 15 is 0 Å². The van der Waals surface area contributed by atoms with Gasteiger partial charge in [0.1, 0.15) is 0 Å².